The Morgan fingerprint density at radius 1 is 1.16 bits per heavy atom. The predicted molar refractivity (Wildman–Crippen MR) is 129 cm³/mol. The Hall–Kier alpha value is -3.41. The van der Waals surface area contributed by atoms with Crippen LogP contribution in [-0.2, 0) is 4.79 Å². The van der Waals surface area contributed by atoms with Gasteiger partial charge in [-0.3, -0.25) is 4.79 Å². The van der Waals surface area contributed by atoms with Crippen LogP contribution in [-0.4, -0.2) is 28.2 Å². The van der Waals surface area contributed by atoms with E-state index in [0.717, 1.165) is 27.2 Å². The van der Waals surface area contributed by atoms with Crippen molar-refractivity contribution in [3.63, 3.8) is 0 Å². The molecule has 0 saturated heterocycles. The molecule has 6 nitrogen and oxygen atoms in total. The number of ether oxygens (including phenoxy) is 1. The molecule has 1 amide bonds. The van der Waals surface area contributed by atoms with Crippen molar-refractivity contribution in [1.82, 2.24) is 9.97 Å². The van der Waals surface area contributed by atoms with Crippen molar-refractivity contribution < 1.29 is 9.53 Å². The maximum absolute atomic E-state index is 13.0. The fourth-order valence-corrected chi connectivity index (χ4v) is 4.97. The fraction of sp³-hybridized carbons (Fsp3) is 0.167. The van der Waals surface area contributed by atoms with Crippen molar-refractivity contribution in [3.05, 3.63) is 66.2 Å². The van der Waals surface area contributed by atoms with Crippen LogP contribution in [0.25, 0.3) is 21.5 Å². The zero-order valence-electron chi connectivity index (χ0n) is 17.5. The SMILES string of the molecule is CCC(Sc1nc(-c2ccc(OC)cc2)ccc1C#N)C(=O)Nc1nc2ccccc2s1. The Morgan fingerprint density at radius 3 is 2.62 bits per heavy atom. The summed E-state index contributed by atoms with van der Waals surface area (Å²) < 4.78 is 6.23. The maximum Gasteiger partial charge on any atom is 0.239 e. The van der Waals surface area contributed by atoms with Crippen LogP contribution in [0.2, 0.25) is 0 Å². The number of aromatic nitrogens is 2. The lowest BCUT2D eigenvalue weighted by molar-refractivity contribution is -0.115. The average Bonchev–Trinajstić information content (AvgIpc) is 3.24. The summed E-state index contributed by atoms with van der Waals surface area (Å²) in [5, 5.41) is 13.2. The van der Waals surface area contributed by atoms with Gasteiger partial charge in [0.05, 0.1) is 33.8 Å². The number of benzene rings is 2. The summed E-state index contributed by atoms with van der Waals surface area (Å²) >= 11 is 2.74. The molecule has 0 saturated carbocycles. The molecule has 0 radical (unpaired) electrons. The molecular formula is C24H20N4O2S2. The normalized spacial score (nSPS) is 11.7. The molecule has 32 heavy (non-hydrogen) atoms. The van der Waals surface area contributed by atoms with Crippen LogP contribution in [0.5, 0.6) is 5.75 Å². The number of carbonyl (C=O) groups is 1. The lowest BCUT2D eigenvalue weighted by atomic mass is 10.1. The van der Waals surface area contributed by atoms with Gasteiger partial charge in [-0.25, -0.2) is 9.97 Å². The van der Waals surface area contributed by atoms with Crippen molar-refractivity contribution in [1.29, 1.82) is 5.26 Å². The molecule has 160 valence electrons. The highest BCUT2D eigenvalue weighted by Gasteiger charge is 2.22. The number of anilines is 1. The third kappa shape index (κ3) is 4.74. The van der Waals surface area contributed by atoms with Gasteiger partial charge in [0, 0.05) is 5.56 Å². The highest BCUT2D eigenvalue weighted by atomic mass is 32.2. The molecule has 8 heteroatoms. The number of nitriles is 1. The smallest absolute Gasteiger partial charge is 0.239 e. The topological polar surface area (TPSA) is 87.9 Å². The monoisotopic (exact) mass is 460 g/mol. The quantitative estimate of drug-likeness (QED) is 0.353. The number of nitrogens with zero attached hydrogens (tertiary/aromatic N) is 3. The fourth-order valence-electron chi connectivity index (χ4n) is 3.11. The van der Waals surface area contributed by atoms with Crippen molar-refractivity contribution in [2.45, 2.75) is 23.6 Å². The Labute approximate surface area is 194 Å². The molecule has 2 aromatic heterocycles. The van der Waals surface area contributed by atoms with E-state index in [1.54, 1.807) is 13.2 Å². The number of rotatable bonds is 7. The van der Waals surface area contributed by atoms with E-state index in [-0.39, 0.29) is 5.91 Å². The molecule has 1 unspecified atom stereocenters. The molecule has 2 aromatic carbocycles. The van der Waals surface area contributed by atoms with Crippen LogP contribution in [0.3, 0.4) is 0 Å². The van der Waals surface area contributed by atoms with Crippen molar-refractivity contribution in [2.75, 3.05) is 12.4 Å². The number of fused-ring (bicyclic) bond motifs is 1. The van der Waals surface area contributed by atoms with Gasteiger partial charge in [-0.2, -0.15) is 5.26 Å². The van der Waals surface area contributed by atoms with E-state index in [9.17, 15) is 10.1 Å². The molecule has 1 N–H and O–H groups in total. The van der Waals surface area contributed by atoms with Gasteiger partial charge < -0.3 is 10.1 Å². The molecule has 1 atom stereocenters. The molecule has 4 aromatic rings. The van der Waals surface area contributed by atoms with Gasteiger partial charge >= 0.3 is 0 Å². The predicted octanol–water partition coefficient (Wildman–Crippen LogP) is 5.75. The Bertz CT molecular complexity index is 1260. The van der Waals surface area contributed by atoms with Gasteiger partial charge in [0.2, 0.25) is 5.91 Å². The lowest BCUT2D eigenvalue weighted by Gasteiger charge is -2.14. The number of thioether (sulfide) groups is 1. The second kappa shape index (κ2) is 9.81. The first-order valence-corrected chi connectivity index (χ1v) is 11.7. The van der Waals surface area contributed by atoms with Crippen LogP contribution in [0.4, 0.5) is 5.13 Å². The second-order valence-electron chi connectivity index (χ2n) is 6.88. The first-order chi connectivity index (χ1) is 15.6. The van der Waals surface area contributed by atoms with Crippen molar-refractivity contribution >= 4 is 44.4 Å². The molecule has 0 aliphatic heterocycles. The second-order valence-corrected chi connectivity index (χ2v) is 9.10. The van der Waals surface area contributed by atoms with E-state index in [4.69, 9.17) is 4.74 Å². The van der Waals surface area contributed by atoms with Crippen LogP contribution in [0, 0.1) is 11.3 Å². The summed E-state index contributed by atoms with van der Waals surface area (Å²) in [7, 11) is 1.62. The average molecular weight is 461 g/mol. The van der Waals surface area contributed by atoms with Crippen LogP contribution < -0.4 is 10.1 Å². The summed E-state index contributed by atoms with van der Waals surface area (Å²) in [6.07, 6.45) is 0.584. The van der Waals surface area contributed by atoms with Gasteiger partial charge in [-0.15, -0.1) is 0 Å². The highest BCUT2D eigenvalue weighted by molar-refractivity contribution is 8.00. The molecular weight excluding hydrogens is 440 g/mol. The van der Waals surface area contributed by atoms with Gasteiger partial charge in [0.1, 0.15) is 16.8 Å². The zero-order valence-corrected chi connectivity index (χ0v) is 19.2. The van der Waals surface area contributed by atoms with Gasteiger partial charge in [0.25, 0.3) is 0 Å². The van der Waals surface area contributed by atoms with Gasteiger partial charge in [-0.05, 0) is 55.0 Å². The molecule has 0 bridgehead atoms. The third-order valence-corrected chi connectivity index (χ3v) is 7.13. The van der Waals surface area contributed by atoms with E-state index in [0.29, 0.717) is 22.1 Å². The number of para-hydroxylation sites is 1. The van der Waals surface area contributed by atoms with E-state index in [1.807, 2.05) is 61.5 Å². The van der Waals surface area contributed by atoms with Crippen LogP contribution in [0.15, 0.2) is 65.7 Å². The zero-order chi connectivity index (χ0) is 22.5. The van der Waals surface area contributed by atoms with Gasteiger partial charge in [-0.1, -0.05) is 42.2 Å². The molecule has 2 heterocycles. The minimum Gasteiger partial charge on any atom is -0.497 e. The standard InChI is InChI=1S/C24H20N4O2S2/c1-3-20(22(29)28-24-27-19-6-4-5-7-21(19)32-24)31-23-16(14-25)10-13-18(26-23)15-8-11-17(30-2)12-9-15/h4-13,20H,3H2,1-2H3,(H,27,28,29). The van der Waals surface area contributed by atoms with Crippen LogP contribution in [0.1, 0.15) is 18.9 Å². The summed E-state index contributed by atoms with van der Waals surface area (Å²) in [6, 6.07) is 21.1. The minimum absolute atomic E-state index is 0.155. The summed E-state index contributed by atoms with van der Waals surface area (Å²) in [5.74, 6) is 0.603. The Kier molecular flexibility index (Phi) is 6.69. The van der Waals surface area contributed by atoms with E-state index < -0.39 is 5.25 Å². The van der Waals surface area contributed by atoms with E-state index >= 15 is 0 Å². The number of thiazole rings is 1. The third-order valence-electron chi connectivity index (χ3n) is 4.81. The molecule has 0 spiro atoms. The molecule has 0 aliphatic rings. The number of hydrogen-bond acceptors (Lipinski definition) is 7. The summed E-state index contributed by atoms with van der Waals surface area (Å²) in [5.41, 5.74) is 2.94. The molecule has 0 aliphatic carbocycles. The van der Waals surface area contributed by atoms with Crippen LogP contribution >= 0.6 is 23.1 Å². The number of amides is 1. The van der Waals surface area contributed by atoms with Gasteiger partial charge in [0.15, 0.2) is 5.13 Å². The van der Waals surface area contributed by atoms with Crippen molar-refractivity contribution in [2.24, 2.45) is 0 Å². The Morgan fingerprint density at radius 2 is 1.94 bits per heavy atom. The first-order valence-electron chi connectivity index (χ1n) is 10.00. The molecule has 0 fully saturated rings. The Balaban J connectivity index is 1.55. The van der Waals surface area contributed by atoms with E-state index in [2.05, 4.69) is 21.4 Å². The number of pyridine rings is 1. The first kappa shape index (κ1) is 21.8. The van der Waals surface area contributed by atoms with E-state index in [1.165, 1.54) is 23.1 Å². The minimum atomic E-state index is -0.410. The lowest BCUT2D eigenvalue weighted by Crippen LogP contribution is -2.24. The maximum atomic E-state index is 13.0. The summed E-state index contributed by atoms with van der Waals surface area (Å²) in [4.78, 5) is 22.1. The van der Waals surface area contributed by atoms with Crippen molar-refractivity contribution in [3.8, 4) is 23.1 Å². The number of carbonyl (C=O) groups excluding carboxylic acids is 1. The molecule has 4 rings (SSSR count). The number of hydrogen-bond donors (Lipinski definition) is 1. The number of nitrogens with one attached hydrogen (secondary N) is 1. The number of methoxy groups -OCH3 is 1. The largest absolute Gasteiger partial charge is 0.497 e. The highest BCUT2D eigenvalue weighted by Crippen LogP contribution is 2.32. The summed E-state index contributed by atoms with van der Waals surface area (Å²) in [6.45, 7) is 1.94.